The molecule has 33 heavy (non-hydrogen) atoms. The number of aliphatic hydroxyl groups is 2. The Balaban J connectivity index is 1.37. The zero-order valence-corrected chi connectivity index (χ0v) is 20.3. The van der Waals surface area contributed by atoms with Crippen molar-refractivity contribution in [2.45, 2.75) is 43.9 Å². The highest BCUT2D eigenvalue weighted by atomic mass is 127. The highest BCUT2D eigenvalue weighted by Gasteiger charge is 2.48. The summed E-state index contributed by atoms with van der Waals surface area (Å²) in [7, 11) is 0. The van der Waals surface area contributed by atoms with Crippen molar-refractivity contribution in [3.05, 3.63) is 45.0 Å². The van der Waals surface area contributed by atoms with Gasteiger partial charge in [-0.2, -0.15) is 9.97 Å². The van der Waals surface area contributed by atoms with Crippen LogP contribution in [0.5, 0.6) is 0 Å². The molecule has 3 aromatic rings. The molecule has 0 spiro atoms. The fraction of sp³-hybridized carbons (Fsp3) is 0.429. The van der Waals surface area contributed by atoms with Crippen LogP contribution in [-0.2, 0) is 16.1 Å². The molecular formula is C21H22ClIN6O4. The summed E-state index contributed by atoms with van der Waals surface area (Å²) in [6, 6.07) is 8.01. The Bertz CT molecular complexity index is 1190. The average molecular weight is 585 g/mol. The van der Waals surface area contributed by atoms with Crippen LogP contribution in [0.1, 0.15) is 24.6 Å². The van der Waals surface area contributed by atoms with Crippen molar-refractivity contribution in [2.24, 2.45) is 5.92 Å². The summed E-state index contributed by atoms with van der Waals surface area (Å²) in [6.45, 7) is 1.04. The van der Waals surface area contributed by atoms with E-state index in [-0.39, 0.29) is 5.28 Å². The molecule has 2 aromatic heterocycles. The molecule has 1 amide bonds. The van der Waals surface area contributed by atoms with E-state index in [9.17, 15) is 15.0 Å². The molecule has 4 N–H and O–H groups in total. The summed E-state index contributed by atoms with van der Waals surface area (Å²) < 4.78 is 8.34. The Kier molecular flexibility index (Phi) is 6.40. The molecule has 5 rings (SSSR count). The molecule has 174 valence electrons. The Hall–Kier alpha value is -2.06. The first kappa shape index (κ1) is 22.7. The zero-order chi connectivity index (χ0) is 23.1. The van der Waals surface area contributed by atoms with E-state index in [2.05, 4.69) is 48.2 Å². The van der Waals surface area contributed by atoms with E-state index in [1.165, 1.54) is 10.9 Å². The van der Waals surface area contributed by atoms with E-state index in [4.69, 9.17) is 16.3 Å². The first-order valence-electron chi connectivity index (χ1n) is 10.6. The third-order valence-corrected chi connectivity index (χ3v) is 6.62. The van der Waals surface area contributed by atoms with Crippen molar-refractivity contribution in [3.8, 4) is 0 Å². The van der Waals surface area contributed by atoms with Gasteiger partial charge >= 0.3 is 0 Å². The predicted octanol–water partition coefficient (Wildman–Crippen LogP) is 1.84. The quantitative estimate of drug-likeness (QED) is 0.244. The number of imidazole rings is 1. The molecule has 2 aliphatic rings. The molecule has 1 aromatic carbocycles. The number of amides is 1. The van der Waals surface area contributed by atoms with Crippen molar-refractivity contribution in [3.63, 3.8) is 0 Å². The number of carbonyl (C=O) groups excluding carboxylic acids is 1. The smallest absolute Gasteiger partial charge is 0.252 e. The number of aromatic nitrogens is 4. The van der Waals surface area contributed by atoms with Gasteiger partial charge < -0.3 is 25.6 Å². The molecule has 1 saturated carbocycles. The second-order valence-corrected chi connectivity index (χ2v) is 9.85. The van der Waals surface area contributed by atoms with Crippen LogP contribution in [0.4, 0.5) is 5.82 Å². The van der Waals surface area contributed by atoms with Crippen LogP contribution in [0.3, 0.4) is 0 Å². The van der Waals surface area contributed by atoms with Gasteiger partial charge in [0.1, 0.15) is 12.2 Å². The van der Waals surface area contributed by atoms with Gasteiger partial charge in [0.2, 0.25) is 5.28 Å². The number of anilines is 1. The number of hydrogen-bond donors (Lipinski definition) is 4. The molecule has 1 saturated heterocycles. The summed E-state index contributed by atoms with van der Waals surface area (Å²) in [5.74, 6) is 0.456. The lowest BCUT2D eigenvalue weighted by molar-refractivity contribution is -0.137. The van der Waals surface area contributed by atoms with Gasteiger partial charge in [0.15, 0.2) is 29.3 Å². The number of hydrogen-bond acceptors (Lipinski definition) is 8. The monoisotopic (exact) mass is 584 g/mol. The summed E-state index contributed by atoms with van der Waals surface area (Å²) >= 11 is 8.41. The lowest BCUT2D eigenvalue weighted by Gasteiger charge is -2.16. The van der Waals surface area contributed by atoms with Crippen LogP contribution in [0.25, 0.3) is 11.2 Å². The van der Waals surface area contributed by atoms with Crippen LogP contribution in [-0.4, -0.2) is 60.5 Å². The standard InChI is InChI=1S/C21H22ClIN6O4/c22-21-27-17(24-8-11-2-1-3-12(23)6-11)13-18(28-21)29(9-26-13)20-15(31)14(30)16(33-20)19(32)25-7-10-4-5-10/h1-3,6,9-10,14-16,20,30-31H,4-5,7-8H2,(H,25,32)(H,24,27,28). The van der Waals surface area contributed by atoms with Crippen molar-refractivity contribution in [2.75, 3.05) is 11.9 Å². The Morgan fingerprint density at radius 1 is 1.27 bits per heavy atom. The number of aliphatic hydroxyl groups excluding tert-OH is 2. The van der Waals surface area contributed by atoms with E-state index in [0.29, 0.717) is 36.0 Å². The molecule has 3 heterocycles. The van der Waals surface area contributed by atoms with Crippen molar-refractivity contribution in [1.29, 1.82) is 0 Å². The maximum Gasteiger partial charge on any atom is 0.252 e. The third kappa shape index (κ3) is 4.78. The molecule has 4 atom stereocenters. The van der Waals surface area contributed by atoms with Gasteiger partial charge in [0, 0.05) is 16.7 Å². The van der Waals surface area contributed by atoms with Crippen LogP contribution in [0.2, 0.25) is 5.28 Å². The minimum absolute atomic E-state index is 0.0128. The molecule has 2 fully saturated rings. The number of rotatable bonds is 7. The normalized spacial score (nSPS) is 24.8. The largest absolute Gasteiger partial charge is 0.387 e. The molecule has 1 aliphatic carbocycles. The first-order valence-corrected chi connectivity index (χ1v) is 12.0. The van der Waals surface area contributed by atoms with Crippen LogP contribution < -0.4 is 10.6 Å². The molecule has 1 aliphatic heterocycles. The van der Waals surface area contributed by atoms with Crippen molar-refractivity contribution < 1.29 is 19.7 Å². The molecular weight excluding hydrogens is 563 g/mol. The first-order chi connectivity index (χ1) is 15.9. The maximum atomic E-state index is 12.5. The minimum atomic E-state index is -1.39. The number of benzene rings is 1. The van der Waals surface area contributed by atoms with Gasteiger partial charge in [-0.15, -0.1) is 0 Å². The van der Waals surface area contributed by atoms with Gasteiger partial charge in [0.05, 0.1) is 6.33 Å². The van der Waals surface area contributed by atoms with E-state index >= 15 is 0 Å². The summed E-state index contributed by atoms with van der Waals surface area (Å²) in [6.07, 6.45) is -1.40. The number of halogens is 2. The lowest BCUT2D eigenvalue weighted by Crippen LogP contribution is -2.43. The summed E-state index contributed by atoms with van der Waals surface area (Å²) in [5, 5.41) is 27.1. The summed E-state index contributed by atoms with van der Waals surface area (Å²) in [5.41, 5.74) is 1.80. The predicted molar refractivity (Wildman–Crippen MR) is 128 cm³/mol. The van der Waals surface area contributed by atoms with E-state index in [0.717, 1.165) is 22.0 Å². The number of nitrogens with zero attached hydrogens (tertiary/aromatic N) is 4. The van der Waals surface area contributed by atoms with Crippen molar-refractivity contribution in [1.82, 2.24) is 24.8 Å². The number of nitrogens with one attached hydrogen (secondary N) is 2. The van der Waals surface area contributed by atoms with Gasteiger partial charge in [-0.3, -0.25) is 9.36 Å². The van der Waals surface area contributed by atoms with E-state index in [1.54, 1.807) is 0 Å². The van der Waals surface area contributed by atoms with Gasteiger partial charge in [0.25, 0.3) is 5.91 Å². The number of fused-ring (bicyclic) bond motifs is 1. The summed E-state index contributed by atoms with van der Waals surface area (Å²) in [4.78, 5) is 25.3. The highest BCUT2D eigenvalue weighted by Crippen LogP contribution is 2.33. The minimum Gasteiger partial charge on any atom is -0.387 e. The number of carbonyl (C=O) groups is 1. The van der Waals surface area contributed by atoms with Crippen LogP contribution >= 0.6 is 34.2 Å². The molecule has 0 bridgehead atoms. The Morgan fingerprint density at radius 3 is 2.85 bits per heavy atom. The topological polar surface area (TPSA) is 134 Å². The Morgan fingerprint density at radius 2 is 2.09 bits per heavy atom. The number of ether oxygens (including phenoxy) is 1. The molecule has 12 heteroatoms. The van der Waals surface area contributed by atoms with Gasteiger partial charge in [-0.05, 0) is 70.6 Å². The van der Waals surface area contributed by atoms with E-state index < -0.39 is 30.4 Å². The third-order valence-electron chi connectivity index (χ3n) is 5.78. The fourth-order valence-electron chi connectivity index (χ4n) is 3.81. The maximum absolute atomic E-state index is 12.5. The lowest BCUT2D eigenvalue weighted by atomic mass is 10.1. The second kappa shape index (κ2) is 9.29. The Labute approximate surface area is 207 Å². The van der Waals surface area contributed by atoms with Gasteiger partial charge in [-0.1, -0.05) is 12.1 Å². The molecule has 0 radical (unpaired) electrons. The van der Waals surface area contributed by atoms with Crippen LogP contribution in [0, 0.1) is 9.49 Å². The molecule has 4 unspecified atom stereocenters. The van der Waals surface area contributed by atoms with Crippen molar-refractivity contribution >= 4 is 57.1 Å². The molecule has 10 nitrogen and oxygen atoms in total. The fourth-order valence-corrected chi connectivity index (χ4v) is 4.58. The average Bonchev–Trinajstić information content (AvgIpc) is 3.46. The second-order valence-electron chi connectivity index (χ2n) is 8.27. The van der Waals surface area contributed by atoms with Gasteiger partial charge in [-0.25, -0.2) is 4.98 Å². The SMILES string of the molecule is O=C(NCC1CC1)C1OC(n2cnc3c(NCc4cccc(I)c4)nc(Cl)nc32)C(O)C1O. The highest BCUT2D eigenvalue weighted by molar-refractivity contribution is 14.1. The van der Waals surface area contributed by atoms with Crippen LogP contribution in [0.15, 0.2) is 30.6 Å². The van der Waals surface area contributed by atoms with E-state index in [1.807, 2.05) is 24.3 Å². The zero-order valence-electron chi connectivity index (χ0n) is 17.4.